The van der Waals surface area contributed by atoms with Crippen molar-refractivity contribution >= 4 is 0 Å². The normalized spacial score (nSPS) is 19.9. The third kappa shape index (κ3) is 2.20. The average Bonchev–Trinajstić information content (AvgIpc) is 3.05. The highest BCUT2D eigenvalue weighted by atomic mass is 19.1. The van der Waals surface area contributed by atoms with Crippen LogP contribution < -0.4 is 0 Å². The molecule has 1 atom stereocenters. The largest absolute Gasteiger partial charge is 0.396 e. The number of halogens is 1. The number of aliphatic hydroxyl groups is 1. The van der Waals surface area contributed by atoms with Crippen LogP contribution in [0.4, 0.5) is 4.39 Å². The summed E-state index contributed by atoms with van der Waals surface area (Å²) >= 11 is 0. The van der Waals surface area contributed by atoms with E-state index in [4.69, 9.17) is 0 Å². The van der Waals surface area contributed by atoms with E-state index in [0.29, 0.717) is 12.3 Å². The summed E-state index contributed by atoms with van der Waals surface area (Å²) in [7, 11) is 0. The first-order valence-corrected chi connectivity index (χ1v) is 5.50. The van der Waals surface area contributed by atoms with Crippen molar-refractivity contribution < 1.29 is 9.50 Å². The van der Waals surface area contributed by atoms with E-state index in [1.807, 2.05) is 12.1 Å². The molecule has 0 saturated heterocycles. The summed E-state index contributed by atoms with van der Waals surface area (Å²) in [5, 5.41) is 9.43. The van der Waals surface area contributed by atoms with Crippen LogP contribution in [0.1, 0.15) is 25.3 Å². The molecule has 1 nitrogen and oxygen atoms in total. The van der Waals surface area contributed by atoms with E-state index in [0.717, 1.165) is 5.56 Å². The summed E-state index contributed by atoms with van der Waals surface area (Å²) in [5.41, 5.74) is 0.586. The maximum absolute atomic E-state index is 13.5. The van der Waals surface area contributed by atoms with Gasteiger partial charge in [-0.1, -0.05) is 25.1 Å². The molecule has 2 rings (SSSR count). The standard InChI is InChI=1S/C13H17FO/c1-13(9-15,11-6-7-11)8-10-4-2-3-5-12(10)14/h2-5,11,15H,6-9H2,1H3. The molecule has 82 valence electrons. The lowest BCUT2D eigenvalue weighted by Crippen LogP contribution is -2.27. The third-order valence-corrected chi connectivity index (χ3v) is 3.48. The fourth-order valence-electron chi connectivity index (χ4n) is 2.19. The summed E-state index contributed by atoms with van der Waals surface area (Å²) in [4.78, 5) is 0. The van der Waals surface area contributed by atoms with Crippen LogP contribution in [-0.4, -0.2) is 11.7 Å². The van der Waals surface area contributed by atoms with Crippen LogP contribution in [0.25, 0.3) is 0 Å². The van der Waals surface area contributed by atoms with Crippen molar-refractivity contribution in [2.75, 3.05) is 6.61 Å². The molecule has 0 bridgehead atoms. The van der Waals surface area contributed by atoms with Gasteiger partial charge in [0.25, 0.3) is 0 Å². The highest BCUT2D eigenvalue weighted by Crippen LogP contribution is 2.47. The first kappa shape index (κ1) is 10.6. The quantitative estimate of drug-likeness (QED) is 0.806. The van der Waals surface area contributed by atoms with Gasteiger partial charge in [-0.3, -0.25) is 0 Å². The predicted molar refractivity (Wildman–Crippen MR) is 58.0 cm³/mol. The molecule has 0 aromatic heterocycles. The van der Waals surface area contributed by atoms with Gasteiger partial charge in [0.05, 0.1) is 0 Å². The van der Waals surface area contributed by atoms with Crippen LogP contribution in [0, 0.1) is 17.2 Å². The van der Waals surface area contributed by atoms with Crippen LogP contribution in [0.5, 0.6) is 0 Å². The zero-order valence-electron chi connectivity index (χ0n) is 9.04. The van der Waals surface area contributed by atoms with Gasteiger partial charge in [0.2, 0.25) is 0 Å². The van der Waals surface area contributed by atoms with Crippen molar-refractivity contribution in [2.45, 2.75) is 26.2 Å². The number of hydrogen-bond acceptors (Lipinski definition) is 1. The molecule has 1 fully saturated rings. The van der Waals surface area contributed by atoms with Gasteiger partial charge in [-0.15, -0.1) is 0 Å². The molecule has 0 spiro atoms. The fraction of sp³-hybridized carbons (Fsp3) is 0.538. The molecule has 1 N–H and O–H groups in total. The lowest BCUT2D eigenvalue weighted by atomic mass is 9.79. The van der Waals surface area contributed by atoms with Crippen LogP contribution in [-0.2, 0) is 6.42 Å². The Morgan fingerprint density at radius 3 is 2.60 bits per heavy atom. The summed E-state index contributed by atoms with van der Waals surface area (Å²) in [6, 6.07) is 6.85. The monoisotopic (exact) mass is 208 g/mol. The van der Waals surface area contributed by atoms with E-state index in [1.165, 1.54) is 18.9 Å². The molecule has 0 radical (unpaired) electrons. The Hall–Kier alpha value is -0.890. The number of benzene rings is 1. The smallest absolute Gasteiger partial charge is 0.126 e. The summed E-state index contributed by atoms with van der Waals surface area (Å²) in [6.07, 6.45) is 2.98. The molecule has 2 heteroatoms. The lowest BCUT2D eigenvalue weighted by molar-refractivity contribution is 0.118. The molecule has 0 aliphatic heterocycles. The molecule has 1 saturated carbocycles. The SMILES string of the molecule is CC(CO)(Cc1ccccc1F)C1CC1. The van der Waals surface area contributed by atoms with Gasteiger partial charge in [0.1, 0.15) is 5.82 Å². The molecular formula is C13H17FO. The van der Waals surface area contributed by atoms with Gasteiger partial charge in [0.15, 0.2) is 0 Å². The topological polar surface area (TPSA) is 20.2 Å². The average molecular weight is 208 g/mol. The van der Waals surface area contributed by atoms with Crippen molar-refractivity contribution in [3.05, 3.63) is 35.6 Å². The summed E-state index contributed by atoms with van der Waals surface area (Å²) < 4.78 is 13.5. The van der Waals surface area contributed by atoms with Crippen LogP contribution in [0.3, 0.4) is 0 Å². The molecule has 1 aromatic carbocycles. The highest BCUT2D eigenvalue weighted by Gasteiger charge is 2.41. The van der Waals surface area contributed by atoms with Gasteiger partial charge in [-0.2, -0.15) is 0 Å². The van der Waals surface area contributed by atoms with Crippen molar-refractivity contribution in [2.24, 2.45) is 11.3 Å². The first-order chi connectivity index (χ1) is 7.15. The lowest BCUT2D eigenvalue weighted by Gasteiger charge is -2.27. The second kappa shape index (κ2) is 3.93. The Morgan fingerprint density at radius 2 is 2.07 bits per heavy atom. The van der Waals surface area contributed by atoms with Crippen LogP contribution >= 0.6 is 0 Å². The molecule has 1 unspecified atom stereocenters. The van der Waals surface area contributed by atoms with Gasteiger partial charge in [-0.05, 0) is 42.2 Å². The van der Waals surface area contributed by atoms with Crippen LogP contribution in [0.2, 0.25) is 0 Å². The number of aliphatic hydroxyl groups excluding tert-OH is 1. The molecule has 1 aliphatic carbocycles. The van der Waals surface area contributed by atoms with E-state index >= 15 is 0 Å². The molecule has 1 aliphatic rings. The molecular weight excluding hydrogens is 191 g/mol. The Balaban J connectivity index is 2.16. The second-order valence-corrected chi connectivity index (χ2v) is 4.85. The zero-order chi connectivity index (χ0) is 10.9. The molecule has 1 aromatic rings. The van der Waals surface area contributed by atoms with Crippen molar-refractivity contribution in [3.8, 4) is 0 Å². The summed E-state index contributed by atoms with van der Waals surface area (Å²) in [5.74, 6) is 0.417. The minimum atomic E-state index is -0.155. The number of hydrogen-bond donors (Lipinski definition) is 1. The fourth-order valence-corrected chi connectivity index (χ4v) is 2.19. The first-order valence-electron chi connectivity index (χ1n) is 5.50. The maximum Gasteiger partial charge on any atom is 0.126 e. The van der Waals surface area contributed by atoms with Crippen molar-refractivity contribution in [1.82, 2.24) is 0 Å². The van der Waals surface area contributed by atoms with E-state index in [1.54, 1.807) is 6.07 Å². The molecule has 15 heavy (non-hydrogen) atoms. The Kier molecular flexibility index (Phi) is 2.79. The minimum absolute atomic E-state index is 0.137. The number of rotatable bonds is 4. The highest BCUT2D eigenvalue weighted by molar-refractivity contribution is 5.19. The van der Waals surface area contributed by atoms with E-state index < -0.39 is 0 Å². The van der Waals surface area contributed by atoms with Gasteiger partial charge < -0.3 is 5.11 Å². The van der Waals surface area contributed by atoms with Gasteiger partial charge >= 0.3 is 0 Å². The van der Waals surface area contributed by atoms with Crippen molar-refractivity contribution in [3.63, 3.8) is 0 Å². The van der Waals surface area contributed by atoms with E-state index in [-0.39, 0.29) is 17.8 Å². The summed E-state index contributed by atoms with van der Waals surface area (Å²) in [6.45, 7) is 2.20. The minimum Gasteiger partial charge on any atom is -0.396 e. The van der Waals surface area contributed by atoms with Crippen LogP contribution in [0.15, 0.2) is 24.3 Å². The molecule has 0 amide bonds. The third-order valence-electron chi connectivity index (χ3n) is 3.48. The maximum atomic E-state index is 13.5. The van der Waals surface area contributed by atoms with Gasteiger partial charge in [0, 0.05) is 6.61 Å². The van der Waals surface area contributed by atoms with E-state index in [9.17, 15) is 9.50 Å². The Morgan fingerprint density at radius 1 is 1.40 bits per heavy atom. The second-order valence-electron chi connectivity index (χ2n) is 4.85. The molecule has 0 heterocycles. The Bertz CT molecular complexity index is 346. The van der Waals surface area contributed by atoms with Gasteiger partial charge in [-0.25, -0.2) is 4.39 Å². The predicted octanol–water partition coefficient (Wildman–Crippen LogP) is 2.78. The zero-order valence-corrected chi connectivity index (χ0v) is 9.04. The van der Waals surface area contributed by atoms with Crippen molar-refractivity contribution in [1.29, 1.82) is 0 Å². The van der Waals surface area contributed by atoms with E-state index in [2.05, 4.69) is 6.92 Å². The Labute approximate surface area is 89.9 Å².